The van der Waals surface area contributed by atoms with E-state index in [1.807, 2.05) is 18.0 Å². The quantitative estimate of drug-likeness (QED) is 0.366. The highest BCUT2D eigenvalue weighted by Gasteiger charge is 2.30. The van der Waals surface area contributed by atoms with E-state index in [-0.39, 0.29) is 23.0 Å². The van der Waals surface area contributed by atoms with E-state index in [4.69, 9.17) is 25.8 Å². The number of fused-ring (bicyclic) bond motifs is 1. The van der Waals surface area contributed by atoms with Crippen molar-refractivity contribution in [3.05, 3.63) is 46.7 Å². The average Bonchev–Trinajstić information content (AvgIpc) is 3.58. The van der Waals surface area contributed by atoms with Crippen molar-refractivity contribution < 1.29 is 23.4 Å². The molecule has 1 aromatic heterocycles. The smallest absolute Gasteiger partial charge is 0.323 e. The van der Waals surface area contributed by atoms with Crippen LogP contribution in [0.25, 0.3) is 10.9 Å². The van der Waals surface area contributed by atoms with E-state index in [9.17, 15) is 9.18 Å². The molecular formula is C27H30ClFN4O4. The van der Waals surface area contributed by atoms with Crippen molar-refractivity contribution in [3.63, 3.8) is 0 Å². The van der Waals surface area contributed by atoms with Crippen LogP contribution in [-0.4, -0.2) is 60.8 Å². The van der Waals surface area contributed by atoms with E-state index in [1.165, 1.54) is 32.1 Å². The van der Waals surface area contributed by atoms with Crippen molar-refractivity contribution in [2.24, 2.45) is 0 Å². The molecule has 0 amide bonds. The summed E-state index contributed by atoms with van der Waals surface area (Å²) < 4.78 is 30.5. The number of cyclic esters (lactones) is 1. The fourth-order valence-corrected chi connectivity index (χ4v) is 5.25. The van der Waals surface area contributed by atoms with Gasteiger partial charge in [0.1, 0.15) is 30.0 Å². The Kier molecular flexibility index (Phi) is 7.62. The van der Waals surface area contributed by atoms with E-state index in [1.54, 1.807) is 6.07 Å². The van der Waals surface area contributed by atoms with Crippen LogP contribution in [0.5, 0.6) is 11.8 Å². The lowest BCUT2D eigenvalue weighted by molar-refractivity contribution is -0.142. The monoisotopic (exact) mass is 528 g/mol. The van der Waals surface area contributed by atoms with Gasteiger partial charge in [0.15, 0.2) is 0 Å². The van der Waals surface area contributed by atoms with Gasteiger partial charge in [-0.1, -0.05) is 24.4 Å². The van der Waals surface area contributed by atoms with Gasteiger partial charge in [0.05, 0.1) is 24.3 Å². The number of carbonyl (C=O) groups is 1. The Balaban J connectivity index is 1.46. The Bertz CT molecular complexity index is 1300. The number of aromatic nitrogens is 2. The molecule has 2 heterocycles. The van der Waals surface area contributed by atoms with Crippen LogP contribution in [0.3, 0.4) is 0 Å². The number of esters is 1. The Morgan fingerprint density at radius 3 is 2.70 bits per heavy atom. The van der Waals surface area contributed by atoms with Crippen molar-refractivity contribution >= 4 is 40.0 Å². The minimum absolute atomic E-state index is 0.0218. The first-order valence-electron chi connectivity index (χ1n) is 12.5. The summed E-state index contributed by atoms with van der Waals surface area (Å²) in [6, 6.07) is 8.42. The zero-order valence-corrected chi connectivity index (χ0v) is 21.7. The first-order valence-corrected chi connectivity index (χ1v) is 12.9. The first-order chi connectivity index (χ1) is 17.9. The van der Waals surface area contributed by atoms with Crippen LogP contribution in [0, 0.1) is 5.82 Å². The molecule has 0 bridgehead atoms. The van der Waals surface area contributed by atoms with Gasteiger partial charge in [0.2, 0.25) is 0 Å². The second kappa shape index (κ2) is 11.1. The normalized spacial score (nSPS) is 18.0. The number of nitrogens with zero attached hydrogens (tertiary/aromatic N) is 3. The van der Waals surface area contributed by atoms with Crippen molar-refractivity contribution in [2.45, 2.75) is 44.1 Å². The maximum Gasteiger partial charge on any atom is 0.323 e. The van der Waals surface area contributed by atoms with E-state index in [0.29, 0.717) is 49.1 Å². The minimum atomic E-state index is -0.488. The molecule has 3 aromatic rings. The van der Waals surface area contributed by atoms with Crippen LogP contribution in [0.4, 0.5) is 15.9 Å². The molecular weight excluding hydrogens is 499 g/mol. The fourth-order valence-electron chi connectivity index (χ4n) is 5.07. The number of carbonyl (C=O) groups excluding carboxylic acids is 1. The topological polar surface area (TPSA) is 85.8 Å². The van der Waals surface area contributed by atoms with Crippen LogP contribution < -0.4 is 14.8 Å². The molecule has 1 unspecified atom stereocenters. The van der Waals surface area contributed by atoms with Crippen LogP contribution in [-0.2, 0) is 9.53 Å². The van der Waals surface area contributed by atoms with Gasteiger partial charge in [-0.3, -0.25) is 9.69 Å². The second-order valence-corrected chi connectivity index (χ2v) is 9.91. The summed E-state index contributed by atoms with van der Waals surface area (Å²) >= 11 is 5.99. The number of rotatable bonds is 9. The molecule has 1 aliphatic heterocycles. The lowest BCUT2D eigenvalue weighted by atomic mass is 9.95. The summed E-state index contributed by atoms with van der Waals surface area (Å²) in [6.45, 7) is 1.48. The van der Waals surface area contributed by atoms with Gasteiger partial charge in [0, 0.05) is 30.1 Å². The zero-order valence-electron chi connectivity index (χ0n) is 20.9. The number of ether oxygens (including phenoxy) is 3. The third-order valence-electron chi connectivity index (χ3n) is 7.11. The first kappa shape index (κ1) is 25.5. The molecule has 1 saturated heterocycles. The number of likely N-dealkylation sites (N-methyl/N-ethyl adjacent to an activating group) is 1. The fraction of sp³-hybridized carbons (Fsp3) is 0.444. The van der Waals surface area contributed by atoms with Crippen LogP contribution >= 0.6 is 11.6 Å². The zero-order chi connectivity index (χ0) is 25.9. The summed E-state index contributed by atoms with van der Waals surface area (Å²) in [4.78, 5) is 23.0. The minimum Gasteiger partial charge on any atom is -0.492 e. The number of methoxy groups -OCH3 is 1. The molecule has 1 saturated carbocycles. The number of anilines is 2. The van der Waals surface area contributed by atoms with E-state index >= 15 is 0 Å². The largest absolute Gasteiger partial charge is 0.492 e. The summed E-state index contributed by atoms with van der Waals surface area (Å²) in [6.07, 6.45) is 5.22. The molecule has 0 radical (unpaired) electrons. The lowest BCUT2D eigenvalue weighted by Gasteiger charge is -2.22. The van der Waals surface area contributed by atoms with Gasteiger partial charge >= 0.3 is 12.0 Å². The van der Waals surface area contributed by atoms with Crippen LogP contribution in [0.2, 0.25) is 5.02 Å². The van der Waals surface area contributed by atoms with Gasteiger partial charge in [-0.25, -0.2) is 4.39 Å². The van der Waals surface area contributed by atoms with Crippen molar-refractivity contribution in [1.82, 2.24) is 14.9 Å². The average molecular weight is 529 g/mol. The van der Waals surface area contributed by atoms with Gasteiger partial charge < -0.3 is 19.5 Å². The van der Waals surface area contributed by atoms with Crippen molar-refractivity contribution in [2.75, 3.05) is 39.2 Å². The Morgan fingerprint density at radius 2 is 2.00 bits per heavy atom. The highest BCUT2D eigenvalue weighted by Crippen LogP contribution is 2.42. The SMILES string of the molecule is COc1nc(Nc2ccc(F)c(Cl)c2)c2cc(C3CCCC3)c(OCCN(C)C3CCOC3=O)cc2n1. The molecule has 1 atom stereocenters. The van der Waals surface area contributed by atoms with Crippen molar-refractivity contribution in [1.29, 1.82) is 0 Å². The summed E-state index contributed by atoms with van der Waals surface area (Å²) in [7, 11) is 3.42. The standard InChI is InChI=1S/C27H30ClFN4O4/c1-33(23-9-11-37-26(23)34)10-12-36-24-15-22-19(14-18(24)16-5-3-4-6-16)25(32-27(31-22)35-2)30-17-7-8-21(29)20(28)13-17/h7-8,13-16,23H,3-6,9-12H2,1-2H3,(H,30,31,32). The number of nitrogens with one attached hydrogen (secondary N) is 1. The van der Waals surface area contributed by atoms with E-state index in [0.717, 1.165) is 29.5 Å². The third-order valence-corrected chi connectivity index (χ3v) is 7.40. The maximum atomic E-state index is 13.7. The van der Waals surface area contributed by atoms with Gasteiger partial charge in [-0.15, -0.1) is 0 Å². The molecule has 8 nitrogen and oxygen atoms in total. The predicted molar refractivity (Wildman–Crippen MR) is 139 cm³/mol. The van der Waals surface area contributed by atoms with E-state index < -0.39 is 5.82 Å². The van der Waals surface area contributed by atoms with Crippen LogP contribution in [0.1, 0.15) is 43.6 Å². The number of halogens is 2. The molecule has 2 aromatic carbocycles. The number of hydrogen-bond donors (Lipinski definition) is 1. The molecule has 10 heteroatoms. The highest BCUT2D eigenvalue weighted by atomic mass is 35.5. The lowest BCUT2D eigenvalue weighted by Crippen LogP contribution is -2.37. The molecule has 2 aliphatic rings. The molecule has 2 fully saturated rings. The summed E-state index contributed by atoms with van der Waals surface area (Å²) in [5.41, 5.74) is 2.37. The highest BCUT2D eigenvalue weighted by molar-refractivity contribution is 6.31. The molecule has 1 aliphatic carbocycles. The molecule has 5 rings (SSSR count). The Morgan fingerprint density at radius 1 is 1.19 bits per heavy atom. The molecule has 37 heavy (non-hydrogen) atoms. The third kappa shape index (κ3) is 5.57. The summed E-state index contributed by atoms with van der Waals surface area (Å²) in [5, 5.41) is 4.08. The Labute approximate surface area is 220 Å². The maximum absolute atomic E-state index is 13.7. The summed E-state index contributed by atoms with van der Waals surface area (Å²) in [5.74, 6) is 1.02. The molecule has 0 spiro atoms. The van der Waals surface area contributed by atoms with Crippen LogP contribution in [0.15, 0.2) is 30.3 Å². The van der Waals surface area contributed by atoms with Gasteiger partial charge in [0.25, 0.3) is 0 Å². The molecule has 196 valence electrons. The van der Waals surface area contributed by atoms with E-state index in [2.05, 4.69) is 21.4 Å². The Hall–Kier alpha value is -3.17. The molecule has 1 N–H and O–H groups in total. The van der Waals surface area contributed by atoms with Crippen molar-refractivity contribution in [3.8, 4) is 11.8 Å². The second-order valence-electron chi connectivity index (χ2n) is 9.50. The number of hydrogen-bond acceptors (Lipinski definition) is 8. The predicted octanol–water partition coefficient (Wildman–Crippen LogP) is 5.46. The number of benzene rings is 2. The van der Waals surface area contributed by atoms with Gasteiger partial charge in [-0.05, 0) is 55.6 Å². The van der Waals surface area contributed by atoms with Gasteiger partial charge in [-0.2, -0.15) is 9.97 Å².